The van der Waals surface area contributed by atoms with E-state index in [2.05, 4.69) is 12.4 Å². The van der Waals surface area contributed by atoms with Gasteiger partial charge in [0.2, 0.25) is 5.91 Å². The maximum absolute atomic E-state index is 12.3. The van der Waals surface area contributed by atoms with E-state index >= 15 is 0 Å². The lowest BCUT2D eigenvalue weighted by Crippen LogP contribution is -3.12. The van der Waals surface area contributed by atoms with Gasteiger partial charge in [0.1, 0.15) is 0 Å². The van der Waals surface area contributed by atoms with Crippen molar-refractivity contribution in [3.8, 4) is 0 Å². The average molecular weight is 376 g/mol. The lowest BCUT2D eigenvalue weighted by atomic mass is 10.3. The van der Waals surface area contributed by atoms with Gasteiger partial charge in [-0.05, 0) is 30.4 Å². The van der Waals surface area contributed by atoms with Crippen molar-refractivity contribution in [2.24, 2.45) is 0 Å². The maximum Gasteiger partial charge on any atom is 0.242 e. The molecule has 0 aromatic heterocycles. The van der Waals surface area contributed by atoms with E-state index in [4.69, 9.17) is 35.4 Å². The standard InChI is InChI=1S/C15H20Cl2N4OS/c1-19-3-5-21(6-4-19)14(22)10-20(2)15(23)18-13-8-11(16)7-12(17)9-13/h7-9H,3-6,10H2,1-2H3,(H,18,23)/p+1. The molecule has 1 saturated heterocycles. The quantitative estimate of drug-likeness (QED) is 0.772. The molecule has 1 amide bonds. The minimum Gasteiger partial charge on any atom is -0.343 e. The molecule has 5 nitrogen and oxygen atoms in total. The summed E-state index contributed by atoms with van der Waals surface area (Å²) in [6, 6.07) is 5.12. The highest BCUT2D eigenvalue weighted by atomic mass is 35.5. The molecule has 0 spiro atoms. The number of anilines is 1. The Morgan fingerprint density at radius 1 is 1.30 bits per heavy atom. The summed E-state index contributed by atoms with van der Waals surface area (Å²) in [7, 11) is 3.93. The number of carbonyl (C=O) groups is 1. The minimum atomic E-state index is 0.0910. The largest absolute Gasteiger partial charge is 0.343 e. The van der Waals surface area contributed by atoms with Crippen LogP contribution >= 0.6 is 35.4 Å². The molecule has 0 radical (unpaired) electrons. The first kappa shape index (κ1) is 18.3. The zero-order chi connectivity index (χ0) is 17.0. The van der Waals surface area contributed by atoms with Gasteiger partial charge in [-0.2, -0.15) is 0 Å². The van der Waals surface area contributed by atoms with E-state index in [9.17, 15) is 4.79 Å². The predicted molar refractivity (Wildman–Crippen MR) is 98.5 cm³/mol. The van der Waals surface area contributed by atoms with Gasteiger partial charge in [-0.1, -0.05) is 23.2 Å². The molecular weight excluding hydrogens is 355 g/mol. The van der Waals surface area contributed by atoms with Crippen LogP contribution in [-0.4, -0.2) is 67.6 Å². The van der Waals surface area contributed by atoms with Gasteiger partial charge in [0.15, 0.2) is 5.11 Å². The summed E-state index contributed by atoms with van der Waals surface area (Å²) in [4.78, 5) is 17.4. The molecule has 1 aromatic rings. The maximum atomic E-state index is 12.3. The molecule has 1 aromatic carbocycles. The summed E-state index contributed by atoms with van der Waals surface area (Å²) < 4.78 is 0. The Balaban J connectivity index is 1.88. The number of halogens is 2. The summed E-state index contributed by atoms with van der Waals surface area (Å²) >= 11 is 17.3. The fourth-order valence-corrected chi connectivity index (χ4v) is 3.07. The number of amides is 1. The van der Waals surface area contributed by atoms with Crippen molar-refractivity contribution in [1.29, 1.82) is 0 Å². The topological polar surface area (TPSA) is 40.0 Å². The predicted octanol–water partition coefficient (Wildman–Crippen LogP) is 0.979. The highest BCUT2D eigenvalue weighted by Crippen LogP contribution is 2.22. The van der Waals surface area contributed by atoms with Crippen LogP contribution in [0, 0.1) is 0 Å². The van der Waals surface area contributed by atoms with Gasteiger partial charge in [-0.25, -0.2) is 0 Å². The summed E-state index contributed by atoms with van der Waals surface area (Å²) in [6.45, 7) is 3.81. The van der Waals surface area contributed by atoms with Crippen LogP contribution in [0.15, 0.2) is 18.2 Å². The Bertz CT molecular complexity index is 571. The second-order valence-corrected chi connectivity index (χ2v) is 7.04. The highest BCUT2D eigenvalue weighted by molar-refractivity contribution is 7.80. The molecule has 0 atom stereocenters. The summed E-state index contributed by atoms with van der Waals surface area (Å²) in [5.41, 5.74) is 0.704. The first-order valence-corrected chi connectivity index (χ1v) is 8.59. The second kappa shape index (κ2) is 8.15. The Morgan fingerprint density at radius 2 is 1.87 bits per heavy atom. The van der Waals surface area contributed by atoms with E-state index < -0.39 is 0 Å². The monoisotopic (exact) mass is 375 g/mol. The third kappa shape index (κ3) is 5.49. The van der Waals surface area contributed by atoms with Crippen LogP contribution in [0.3, 0.4) is 0 Å². The number of hydrogen-bond donors (Lipinski definition) is 2. The number of benzene rings is 1. The zero-order valence-electron chi connectivity index (χ0n) is 13.2. The van der Waals surface area contributed by atoms with Crippen molar-refractivity contribution in [2.75, 3.05) is 52.1 Å². The summed E-state index contributed by atoms with van der Waals surface area (Å²) in [5.74, 6) is 0.0910. The number of rotatable bonds is 3. The van der Waals surface area contributed by atoms with Crippen LogP contribution in [0.2, 0.25) is 10.0 Å². The molecule has 1 fully saturated rings. The normalized spacial score (nSPS) is 15.4. The second-order valence-electron chi connectivity index (χ2n) is 5.78. The van der Waals surface area contributed by atoms with Gasteiger partial charge in [-0.15, -0.1) is 0 Å². The van der Waals surface area contributed by atoms with Crippen molar-refractivity contribution in [1.82, 2.24) is 9.80 Å². The number of thiocarbonyl (C=S) groups is 1. The lowest BCUT2D eigenvalue weighted by Gasteiger charge is -2.31. The van der Waals surface area contributed by atoms with Crippen molar-refractivity contribution in [2.45, 2.75) is 0 Å². The highest BCUT2D eigenvalue weighted by Gasteiger charge is 2.22. The van der Waals surface area contributed by atoms with Crippen LogP contribution in [0.25, 0.3) is 0 Å². The van der Waals surface area contributed by atoms with E-state index in [1.54, 1.807) is 30.1 Å². The third-order valence-electron chi connectivity index (χ3n) is 3.80. The fraction of sp³-hybridized carbons (Fsp3) is 0.467. The Morgan fingerprint density at radius 3 is 2.43 bits per heavy atom. The first-order chi connectivity index (χ1) is 10.8. The van der Waals surface area contributed by atoms with Crippen LogP contribution < -0.4 is 10.2 Å². The van der Waals surface area contributed by atoms with E-state index in [1.807, 2.05) is 4.90 Å². The molecule has 1 aliphatic heterocycles. The number of likely N-dealkylation sites (N-methyl/N-ethyl adjacent to an activating group) is 2. The number of nitrogens with one attached hydrogen (secondary N) is 2. The van der Waals surface area contributed by atoms with Gasteiger partial charge >= 0.3 is 0 Å². The number of piperazine rings is 1. The van der Waals surface area contributed by atoms with Gasteiger partial charge in [0.25, 0.3) is 0 Å². The van der Waals surface area contributed by atoms with E-state index in [1.165, 1.54) is 4.90 Å². The van der Waals surface area contributed by atoms with Gasteiger partial charge in [0.05, 0.1) is 39.8 Å². The molecule has 126 valence electrons. The molecule has 0 unspecified atom stereocenters. The zero-order valence-corrected chi connectivity index (χ0v) is 15.6. The molecule has 8 heteroatoms. The fourth-order valence-electron chi connectivity index (χ4n) is 2.36. The minimum absolute atomic E-state index is 0.0910. The van der Waals surface area contributed by atoms with E-state index in [0.29, 0.717) is 20.8 Å². The third-order valence-corrected chi connectivity index (χ3v) is 4.65. The van der Waals surface area contributed by atoms with E-state index in [0.717, 1.165) is 26.2 Å². The smallest absolute Gasteiger partial charge is 0.242 e. The Hall–Kier alpha value is -1.08. The number of quaternary nitrogens is 1. The molecule has 0 saturated carbocycles. The SMILES string of the molecule is CN(CC(=O)N1CC[NH+](C)CC1)C(=S)Nc1cc(Cl)cc(Cl)c1. The molecule has 1 heterocycles. The summed E-state index contributed by atoms with van der Waals surface area (Å²) in [5, 5.41) is 4.57. The Labute approximate surface area is 152 Å². The van der Waals surface area contributed by atoms with Crippen LogP contribution in [0.4, 0.5) is 5.69 Å². The van der Waals surface area contributed by atoms with Gasteiger partial charge in [0, 0.05) is 22.8 Å². The van der Waals surface area contributed by atoms with Crippen molar-refractivity contribution >= 4 is 52.1 Å². The molecule has 1 aliphatic rings. The van der Waals surface area contributed by atoms with Crippen LogP contribution in [-0.2, 0) is 4.79 Å². The molecule has 23 heavy (non-hydrogen) atoms. The van der Waals surface area contributed by atoms with Gasteiger partial charge in [-0.3, -0.25) is 4.79 Å². The molecule has 0 bridgehead atoms. The molecule has 2 N–H and O–H groups in total. The molecular formula is C15H21Cl2N4OS+. The molecule has 2 rings (SSSR count). The Kier molecular flexibility index (Phi) is 6.47. The number of nitrogens with zero attached hydrogens (tertiary/aromatic N) is 2. The summed E-state index contributed by atoms with van der Waals surface area (Å²) in [6.07, 6.45) is 0. The van der Waals surface area contributed by atoms with Gasteiger partial charge < -0.3 is 20.0 Å². The average Bonchev–Trinajstić information content (AvgIpc) is 2.46. The number of carbonyl (C=O) groups excluding carboxylic acids is 1. The van der Waals surface area contributed by atoms with Crippen molar-refractivity contribution in [3.63, 3.8) is 0 Å². The van der Waals surface area contributed by atoms with E-state index in [-0.39, 0.29) is 12.5 Å². The van der Waals surface area contributed by atoms with Crippen LogP contribution in [0.1, 0.15) is 0 Å². The lowest BCUT2D eigenvalue weighted by molar-refractivity contribution is -0.883. The number of hydrogen-bond acceptors (Lipinski definition) is 2. The van der Waals surface area contributed by atoms with Crippen molar-refractivity contribution < 1.29 is 9.69 Å². The first-order valence-electron chi connectivity index (χ1n) is 7.42. The van der Waals surface area contributed by atoms with Crippen molar-refractivity contribution in [3.05, 3.63) is 28.2 Å². The molecule has 0 aliphatic carbocycles. The van der Waals surface area contributed by atoms with Crippen LogP contribution in [0.5, 0.6) is 0 Å².